The summed E-state index contributed by atoms with van der Waals surface area (Å²) in [5, 5.41) is 20.8. The van der Waals surface area contributed by atoms with Crippen molar-refractivity contribution in [3.05, 3.63) is 170 Å². The molecule has 0 bridgehead atoms. The number of unbranched alkanes of at least 4 members (excludes halogenated alkanes) is 44. The fraction of sp³-hybridized carbons (Fsp3) is 0.710. The number of ether oxygens (including phenoxy) is 3. The molecule has 0 spiro atoms. The van der Waals surface area contributed by atoms with E-state index in [0.717, 1.165) is 167 Å². The van der Waals surface area contributed by atoms with Gasteiger partial charge >= 0.3 is 33.6 Å². The number of carbonyl (C=O) groups is 3. The molecule has 0 aromatic carbocycles. The van der Waals surface area contributed by atoms with Gasteiger partial charge in [-0.1, -0.05) is 428 Å². The minimum atomic E-state index is -4.95. The Balaban J connectivity index is 4.57. The van der Waals surface area contributed by atoms with Crippen LogP contribution in [0.25, 0.3) is 0 Å². The van der Waals surface area contributed by atoms with E-state index in [1.165, 1.54) is 205 Å². The summed E-state index contributed by atoms with van der Waals surface area (Å²) in [6, 6.07) is 0. The fourth-order valence-corrected chi connectivity index (χ4v) is 15.4. The van der Waals surface area contributed by atoms with Crippen molar-refractivity contribution in [2.45, 2.75) is 450 Å². The van der Waals surface area contributed by atoms with E-state index in [-0.39, 0.29) is 19.3 Å². The Labute approximate surface area is 764 Å². The van der Waals surface area contributed by atoms with Crippen LogP contribution in [0.4, 0.5) is 0 Å². The maximum atomic E-state index is 13.1. The van der Waals surface area contributed by atoms with Crippen LogP contribution in [0.5, 0.6) is 0 Å². The summed E-state index contributed by atoms with van der Waals surface area (Å²) in [4.78, 5) is 59.2. The zero-order valence-electron chi connectivity index (χ0n) is 79.5. The van der Waals surface area contributed by atoms with Gasteiger partial charge in [0.1, 0.15) is 25.4 Å². The summed E-state index contributed by atoms with van der Waals surface area (Å²) in [5.74, 6) is -1.57. The van der Waals surface area contributed by atoms with E-state index in [9.17, 15) is 43.5 Å². The highest BCUT2D eigenvalue weighted by Gasteiger charge is 2.30. The van der Waals surface area contributed by atoms with E-state index in [4.69, 9.17) is 32.3 Å². The van der Waals surface area contributed by atoms with Crippen LogP contribution in [0.15, 0.2) is 170 Å². The number of phosphoric ester groups is 2. The molecule has 0 rings (SSSR count). The number of hydrogen-bond acceptors (Lipinski definition) is 14. The molecule has 0 aliphatic carbocycles. The Morgan fingerprint density at radius 2 is 0.424 bits per heavy atom. The first-order valence-electron chi connectivity index (χ1n) is 50.4. The minimum Gasteiger partial charge on any atom is -0.463 e. The van der Waals surface area contributed by atoms with E-state index in [0.29, 0.717) is 19.3 Å². The highest BCUT2D eigenvalue weighted by Crippen LogP contribution is 2.45. The SMILES string of the molecule is CC/C=C\C/C=C\C/C=C\C/C=C\C/C=C\CCCCCCCCCCCCCCCCCCCCCC(=O)OCC(O)COP(=O)(O)OCC(O)COP(=O)(O)OCC(COC(=O)CCCCCCCCCCCCCCC/C=C\C/C=C\C/C=C\C/C=C\C/C=C\CC)OC(=O)CCCCCCCCCCC/C=C\C/C=C\C/C=C\C/C=C\CCCCC. The first-order valence-corrected chi connectivity index (χ1v) is 53.4. The topological polar surface area (TPSA) is 231 Å². The van der Waals surface area contributed by atoms with E-state index < -0.39 is 91.5 Å². The molecule has 5 atom stereocenters. The summed E-state index contributed by atoms with van der Waals surface area (Å²) >= 11 is 0. The number of esters is 3. The largest absolute Gasteiger partial charge is 0.472 e. The second kappa shape index (κ2) is 98.0. The minimum absolute atomic E-state index is 0.0945. The molecule has 16 nitrogen and oxygen atoms in total. The van der Waals surface area contributed by atoms with Gasteiger partial charge in [-0.05, 0) is 154 Å². The van der Waals surface area contributed by atoms with Crippen LogP contribution in [-0.2, 0) is 55.8 Å². The van der Waals surface area contributed by atoms with E-state index in [1.54, 1.807) is 0 Å². The Hall–Kier alpha value is -5.09. The van der Waals surface area contributed by atoms with Gasteiger partial charge in [0, 0.05) is 19.3 Å². The molecule has 4 N–H and O–H groups in total. The van der Waals surface area contributed by atoms with Crippen molar-refractivity contribution in [1.82, 2.24) is 0 Å². The average molecular weight is 1790 g/mol. The van der Waals surface area contributed by atoms with Crippen molar-refractivity contribution < 1.29 is 75.8 Å². The normalized spacial score (nSPS) is 14.4. The average Bonchev–Trinajstić information content (AvgIpc) is 0.897. The monoisotopic (exact) mass is 1790 g/mol. The summed E-state index contributed by atoms with van der Waals surface area (Å²) < 4.78 is 61.7. The molecule has 0 aromatic rings. The molecule has 0 aliphatic rings. The number of rotatable bonds is 95. The highest BCUT2D eigenvalue weighted by molar-refractivity contribution is 7.47. The fourth-order valence-electron chi connectivity index (χ4n) is 13.8. The lowest BCUT2D eigenvalue weighted by molar-refractivity contribution is -0.161. The maximum absolute atomic E-state index is 13.1. The quantitative estimate of drug-likeness (QED) is 0.0146. The standard InChI is InChI=1S/C107H184O16P2/c1-4-7-10-13-16-19-22-25-28-31-34-37-40-43-45-47-48-49-50-51-52-54-56-58-60-63-66-69-72-75-78-81-84-87-90-93-105(110)117-96-102(108)97-119-124(113,114)120-98-103(109)99-121-125(115,116)122-101-104(123-107(112)95-92-89-86-83-80-77-74-71-68-65-62-57-42-39-36-33-30-27-24-21-18-15-12-9-6-3)100-118-106(111)94-91-88-85-82-79-76-73-70-67-64-61-59-55-53-46-44-41-38-35-32-29-26-23-20-17-14-11-8-5-2/h7-8,10-11,16-21,25-30,34-39,43-46,57,62,102-104,108-109H,4-6,9,12-15,22-24,31-33,40-42,47-56,58-61,63-101H2,1-3H3,(H,113,114)(H,115,116)/b10-7-,11-8-,19-16-,20-17-,21-18-,28-25-,29-26-,30-27-,37-34-,38-35-,39-36-,45-43-,46-44-,62-57-. The lowest BCUT2D eigenvalue weighted by atomic mass is 10.0. The van der Waals surface area contributed by atoms with Gasteiger partial charge in [0.2, 0.25) is 0 Å². The zero-order chi connectivity index (χ0) is 90.7. The Kier molecular flexibility index (Phi) is 94.0. The molecule has 718 valence electrons. The van der Waals surface area contributed by atoms with Crippen LogP contribution in [0.1, 0.15) is 432 Å². The third kappa shape index (κ3) is 99.3. The van der Waals surface area contributed by atoms with Crippen molar-refractivity contribution in [3.63, 3.8) is 0 Å². The maximum Gasteiger partial charge on any atom is 0.472 e. The van der Waals surface area contributed by atoms with Gasteiger partial charge in [0.15, 0.2) is 6.10 Å². The molecule has 0 amide bonds. The Morgan fingerprint density at radius 3 is 0.672 bits per heavy atom. The highest BCUT2D eigenvalue weighted by atomic mass is 31.2. The number of allylic oxidation sites excluding steroid dienone is 28. The summed E-state index contributed by atoms with van der Waals surface area (Å²) in [5.41, 5.74) is 0. The molecular weight excluding hydrogens is 1600 g/mol. The van der Waals surface area contributed by atoms with E-state index >= 15 is 0 Å². The van der Waals surface area contributed by atoms with Gasteiger partial charge in [-0.25, -0.2) is 9.13 Å². The summed E-state index contributed by atoms with van der Waals surface area (Å²) in [6.07, 6.45) is 128. The number of phosphoric acid groups is 2. The molecule has 0 saturated heterocycles. The lowest BCUT2D eigenvalue weighted by Gasteiger charge is -2.21. The summed E-state index contributed by atoms with van der Waals surface area (Å²) in [7, 11) is -9.82. The zero-order valence-corrected chi connectivity index (χ0v) is 81.3. The molecule has 0 saturated carbocycles. The molecule has 0 aromatic heterocycles. The van der Waals surface area contributed by atoms with Crippen LogP contribution >= 0.6 is 15.6 Å². The van der Waals surface area contributed by atoms with Crippen molar-refractivity contribution in [2.24, 2.45) is 0 Å². The van der Waals surface area contributed by atoms with Crippen molar-refractivity contribution in [1.29, 1.82) is 0 Å². The van der Waals surface area contributed by atoms with Crippen LogP contribution < -0.4 is 0 Å². The van der Waals surface area contributed by atoms with Gasteiger partial charge in [0.25, 0.3) is 0 Å². The number of aliphatic hydroxyl groups is 2. The lowest BCUT2D eigenvalue weighted by Crippen LogP contribution is -2.30. The van der Waals surface area contributed by atoms with Crippen molar-refractivity contribution in [2.75, 3.05) is 39.6 Å². The Morgan fingerprint density at radius 1 is 0.232 bits per heavy atom. The first-order chi connectivity index (χ1) is 61.2. The predicted molar refractivity (Wildman–Crippen MR) is 528 cm³/mol. The van der Waals surface area contributed by atoms with Gasteiger partial charge in [0.05, 0.1) is 26.4 Å². The third-order valence-corrected chi connectivity index (χ3v) is 23.3. The van der Waals surface area contributed by atoms with Crippen LogP contribution in [0, 0.1) is 0 Å². The van der Waals surface area contributed by atoms with Crippen LogP contribution in [0.3, 0.4) is 0 Å². The second-order valence-corrected chi connectivity index (χ2v) is 36.4. The van der Waals surface area contributed by atoms with E-state index in [2.05, 4.69) is 191 Å². The van der Waals surface area contributed by atoms with Crippen LogP contribution in [0.2, 0.25) is 0 Å². The molecule has 0 aliphatic heterocycles. The number of hydrogen-bond donors (Lipinski definition) is 4. The van der Waals surface area contributed by atoms with Crippen molar-refractivity contribution in [3.8, 4) is 0 Å². The molecule has 18 heteroatoms. The van der Waals surface area contributed by atoms with E-state index in [1.807, 2.05) is 0 Å². The number of carbonyl (C=O) groups excluding carboxylic acids is 3. The first kappa shape index (κ1) is 120. The van der Waals surface area contributed by atoms with Gasteiger partial charge in [-0.15, -0.1) is 0 Å². The molecule has 0 heterocycles. The number of aliphatic hydroxyl groups excluding tert-OH is 2. The smallest absolute Gasteiger partial charge is 0.463 e. The van der Waals surface area contributed by atoms with Gasteiger partial charge in [-0.2, -0.15) is 0 Å². The third-order valence-electron chi connectivity index (χ3n) is 21.4. The molecular formula is C107H184O16P2. The molecule has 125 heavy (non-hydrogen) atoms. The predicted octanol–water partition coefficient (Wildman–Crippen LogP) is 31.8. The molecule has 0 radical (unpaired) electrons. The van der Waals surface area contributed by atoms with Gasteiger partial charge < -0.3 is 34.2 Å². The van der Waals surface area contributed by atoms with Gasteiger partial charge in [-0.3, -0.25) is 32.5 Å². The molecule has 5 unspecified atom stereocenters. The molecule has 0 fully saturated rings. The van der Waals surface area contributed by atoms with Crippen molar-refractivity contribution >= 4 is 33.6 Å². The summed E-state index contributed by atoms with van der Waals surface area (Å²) in [6.45, 7) is 2.49. The second-order valence-electron chi connectivity index (χ2n) is 33.5. The van der Waals surface area contributed by atoms with Crippen LogP contribution in [-0.4, -0.2) is 95.9 Å². The Bertz CT molecular complexity index is 2950.